The molecular weight excluding hydrogens is 271 g/mol. The van der Waals surface area contributed by atoms with Gasteiger partial charge in [-0.2, -0.15) is 5.10 Å². The molecule has 2 N–H and O–H groups in total. The second-order valence-corrected chi connectivity index (χ2v) is 4.35. The van der Waals surface area contributed by atoms with E-state index in [0.29, 0.717) is 16.7 Å². The monoisotopic (exact) mass is 282 g/mol. The quantitative estimate of drug-likeness (QED) is 0.573. The summed E-state index contributed by atoms with van der Waals surface area (Å²) in [6.07, 6.45) is 1.33. The molecule has 1 heterocycles. The summed E-state index contributed by atoms with van der Waals surface area (Å²) in [6.45, 7) is 0. The van der Waals surface area contributed by atoms with E-state index in [0.717, 1.165) is 0 Å². The number of hydrogen-bond acceptors (Lipinski definition) is 4. The lowest BCUT2D eigenvalue weighted by Crippen LogP contribution is -2.15. The molecule has 0 saturated carbocycles. The Labute approximate surface area is 119 Å². The maximum Gasteiger partial charge on any atom is 0.276 e. The Morgan fingerprint density at radius 3 is 2.71 bits per heavy atom. The van der Waals surface area contributed by atoms with Crippen molar-refractivity contribution in [1.82, 2.24) is 9.97 Å². The molecule has 0 fully saturated rings. The Kier molecular flexibility index (Phi) is 3.42. The molecule has 0 bridgehead atoms. The van der Waals surface area contributed by atoms with Crippen molar-refractivity contribution in [2.24, 2.45) is 5.10 Å². The van der Waals surface area contributed by atoms with Gasteiger partial charge in [0.05, 0.1) is 22.9 Å². The average molecular weight is 282 g/mol. The highest BCUT2D eigenvalue weighted by molar-refractivity contribution is 5.82. The molecule has 5 nitrogen and oxygen atoms in total. The van der Waals surface area contributed by atoms with Crippen molar-refractivity contribution in [2.75, 3.05) is 5.43 Å². The number of H-pyrrole nitrogens is 1. The van der Waals surface area contributed by atoms with Crippen molar-refractivity contribution in [2.45, 2.75) is 0 Å². The van der Waals surface area contributed by atoms with Gasteiger partial charge in [-0.1, -0.05) is 12.1 Å². The Bertz CT molecular complexity index is 855. The maximum absolute atomic E-state index is 12.8. The van der Waals surface area contributed by atoms with Crippen LogP contribution >= 0.6 is 0 Å². The number of hydrazone groups is 1. The predicted molar refractivity (Wildman–Crippen MR) is 80.0 cm³/mol. The first-order chi connectivity index (χ1) is 10.2. The van der Waals surface area contributed by atoms with Crippen LogP contribution in [0.1, 0.15) is 5.69 Å². The number of para-hydroxylation sites is 2. The predicted octanol–water partition coefficient (Wildman–Crippen LogP) is 2.51. The van der Waals surface area contributed by atoms with Crippen LogP contribution in [0.4, 0.5) is 10.1 Å². The van der Waals surface area contributed by atoms with E-state index in [4.69, 9.17) is 0 Å². The molecule has 1 aromatic heterocycles. The fourth-order valence-corrected chi connectivity index (χ4v) is 1.82. The summed E-state index contributed by atoms with van der Waals surface area (Å²) in [5.74, 6) is -0.322. The highest BCUT2D eigenvalue weighted by atomic mass is 19.1. The number of fused-ring (bicyclic) bond motifs is 1. The van der Waals surface area contributed by atoms with Crippen LogP contribution in [0.25, 0.3) is 11.0 Å². The van der Waals surface area contributed by atoms with Gasteiger partial charge in [0.2, 0.25) is 0 Å². The molecule has 0 aliphatic carbocycles. The summed E-state index contributed by atoms with van der Waals surface area (Å²) in [5, 5.41) is 3.93. The van der Waals surface area contributed by atoms with Crippen LogP contribution in [0.2, 0.25) is 0 Å². The molecule has 0 aliphatic heterocycles. The van der Waals surface area contributed by atoms with E-state index in [2.05, 4.69) is 20.5 Å². The van der Waals surface area contributed by atoms with Crippen LogP contribution in [-0.4, -0.2) is 16.2 Å². The van der Waals surface area contributed by atoms with E-state index in [1.54, 1.807) is 24.3 Å². The van der Waals surface area contributed by atoms with Crippen molar-refractivity contribution < 1.29 is 4.39 Å². The molecule has 0 atom stereocenters. The van der Waals surface area contributed by atoms with E-state index >= 15 is 0 Å². The highest BCUT2D eigenvalue weighted by Gasteiger charge is 2.01. The van der Waals surface area contributed by atoms with Gasteiger partial charge in [-0.05, 0) is 36.4 Å². The molecule has 0 amide bonds. The summed E-state index contributed by atoms with van der Waals surface area (Å²) in [4.78, 5) is 18.8. The number of anilines is 1. The third-order valence-corrected chi connectivity index (χ3v) is 2.85. The number of halogens is 1. The van der Waals surface area contributed by atoms with E-state index in [9.17, 15) is 9.18 Å². The number of aromatic nitrogens is 2. The normalized spacial score (nSPS) is 11.1. The Morgan fingerprint density at radius 1 is 1.14 bits per heavy atom. The Balaban J connectivity index is 1.84. The van der Waals surface area contributed by atoms with Crippen molar-refractivity contribution in [3.63, 3.8) is 0 Å². The lowest BCUT2D eigenvalue weighted by Gasteiger charge is -2.00. The smallest absolute Gasteiger partial charge is 0.276 e. The molecule has 2 aromatic carbocycles. The minimum atomic E-state index is -0.322. The largest absolute Gasteiger partial charge is 0.319 e. The molecule has 3 aromatic rings. The van der Waals surface area contributed by atoms with Crippen molar-refractivity contribution in [3.05, 3.63) is 70.4 Å². The molecular formula is C15H11FN4O. The lowest BCUT2D eigenvalue weighted by atomic mass is 10.3. The second-order valence-electron chi connectivity index (χ2n) is 4.35. The standard InChI is InChI=1S/C15H11FN4O/c16-10-5-7-11(8-6-10)20-17-9-14-15(21)19-13-4-2-1-3-12(13)18-14/h1-9,20H,(H,19,21)/b17-9+. The second kappa shape index (κ2) is 5.54. The zero-order valence-electron chi connectivity index (χ0n) is 10.9. The molecule has 3 rings (SSSR count). The molecule has 0 spiro atoms. The first-order valence-corrected chi connectivity index (χ1v) is 6.26. The molecule has 104 valence electrons. The third kappa shape index (κ3) is 2.94. The first-order valence-electron chi connectivity index (χ1n) is 6.26. The van der Waals surface area contributed by atoms with E-state index in [1.807, 2.05) is 12.1 Å². The van der Waals surface area contributed by atoms with Crippen molar-refractivity contribution in [3.8, 4) is 0 Å². The minimum absolute atomic E-state index is 0.198. The maximum atomic E-state index is 12.8. The summed E-state index contributed by atoms with van der Waals surface area (Å²) in [7, 11) is 0. The van der Waals surface area contributed by atoms with Gasteiger partial charge in [-0.15, -0.1) is 0 Å². The van der Waals surface area contributed by atoms with Gasteiger partial charge < -0.3 is 4.98 Å². The van der Waals surface area contributed by atoms with Gasteiger partial charge in [0, 0.05) is 0 Å². The minimum Gasteiger partial charge on any atom is -0.319 e. The van der Waals surface area contributed by atoms with Gasteiger partial charge >= 0.3 is 0 Å². The molecule has 0 radical (unpaired) electrons. The summed E-state index contributed by atoms with van der Waals surface area (Å²) in [6, 6.07) is 13.0. The van der Waals surface area contributed by atoms with E-state index in [1.165, 1.54) is 18.3 Å². The fraction of sp³-hybridized carbons (Fsp3) is 0. The van der Waals surface area contributed by atoms with Gasteiger partial charge in [-0.3, -0.25) is 10.2 Å². The van der Waals surface area contributed by atoms with Crippen LogP contribution in [-0.2, 0) is 0 Å². The zero-order valence-corrected chi connectivity index (χ0v) is 10.9. The molecule has 0 saturated heterocycles. The van der Waals surface area contributed by atoms with Crippen LogP contribution in [0, 0.1) is 5.82 Å². The number of benzene rings is 2. The van der Waals surface area contributed by atoms with E-state index < -0.39 is 0 Å². The van der Waals surface area contributed by atoms with Crippen LogP contribution in [0.15, 0.2) is 58.4 Å². The number of nitrogens with zero attached hydrogens (tertiary/aromatic N) is 2. The highest BCUT2D eigenvalue weighted by Crippen LogP contribution is 2.08. The van der Waals surface area contributed by atoms with E-state index in [-0.39, 0.29) is 17.1 Å². The molecule has 21 heavy (non-hydrogen) atoms. The summed E-state index contributed by atoms with van der Waals surface area (Å²) < 4.78 is 12.8. The average Bonchev–Trinajstić information content (AvgIpc) is 2.50. The van der Waals surface area contributed by atoms with Gasteiger partial charge in [-0.25, -0.2) is 9.37 Å². The first kappa shape index (κ1) is 13.0. The topological polar surface area (TPSA) is 70.1 Å². The number of nitrogens with one attached hydrogen (secondary N) is 2. The van der Waals surface area contributed by atoms with Crippen LogP contribution in [0.3, 0.4) is 0 Å². The summed E-state index contributed by atoms with van der Waals surface area (Å²) >= 11 is 0. The number of hydrogen-bond donors (Lipinski definition) is 2. The van der Waals surface area contributed by atoms with Crippen LogP contribution < -0.4 is 11.0 Å². The summed E-state index contributed by atoms with van der Waals surface area (Å²) in [5.41, 5.74) is 4.55. The lowest BCUT2D eigenvalue weighted by molar-refractivity contribution is 0.628. The third-order valence-electron chi connectivity index (χ3n) is 2.85. The van der Waals surface area contributed by atoms with Crippen molar-refractivity contribution in [1.29, 1.82) is 0 Å². The van der Waals surface area contributed by atoms with Gasteiger partial charge in [0.15, 0.2) is 0 Å². The van der Waals surface area contributed by atoms with Gasteiger partial charge in [0.25, 0.3) is 5.56 Å². The van der Waals surface area contributed by atoms with Gasteiger partial charge in [0.1, 0.15) is 11.5 Å². The molecule has 6 heteroatoms. The zero-order chi connectivity index (χ0) is 14.7. The van der Waals surface area contributed by atoms with Crippen molar-refractivity contribution >= 4 is 22.9 Å². The Morgan fingerprint density at radius 2 is 1.90 bits per heavy atom. The molecule has 0 aliphatic rings. The number of aromatic amines is 1. The fourth-order valence-electron chi connectivity index (χ4n) is 1.82. The Hall–Kier alpha value is -3.02. The van der Waals surface area contributed by atoms with Crippen LogP contribution in [0.5, 0.6) is 0 Å². The molecule has 0 unspecified atom stereocenters. The number of rotatable bonds is 3. The SMILES string of the molecule is O=c1[nH]c2ccccc2nc1/C=N/Nc1ccc(F)cc1.